The summed E-state index contributed by atoms with van der Waals surface area (Å²) in [6.45, 7) is 3.85. The number of rotatable bonds is 2. The average molecular weight is 268 g/mol. The molecule has 2 aromatic rings. The number of aryl methyl sites for hydroxylation is 2. The molecule has 20 heavy (non-hydrogen) atoms. The van der Waals surface area contributed by atoms with E-state index in [1.807, 2.05) is 13.8 Å². The Morgan fingerprint density at radius 2 is 1.05 bits per heavy atom. The fourth-order valence-electron chi connectivity index (χ4n) is 1.76. The van der Waals surface area contributed by atoms with Crippen molar-refractivity contribution in [1.29, 1.82) is 0 Å². The zero-order valence-corrected chi connectivity index (χ0v) is 11.5. The smallest absolute Gasteiger partial charge is 0.267 e. The Labute approximate surface area is 117 Å². The summed E-state index contributed by atoms with van der Waals surface area (Å²) in [6.07, 6.45) is 0. The first-order valence-electron chi connectivity index (χ1n) is 6.26. The van der Waals surface area contributed by atoms with Crippen molar-refractivity contribution >= 4 is 11.8 Å². The molecule has 0 atom stereocenters. The minimum Gasteiger partial charge on any atom is -0.267 e. The number of nitrogens with two attached hydrogens (primary N) is 1. The Morgan fingerprint density at radius 3 is 1.35 bits per heavy atom. The van der Waals surface area contributed by atoms with E-state index in [-0.39, 0.29) is 0 Å². The van der Waals surface area contributed by atoms with Crippen molar-refractivity contribution in [3.63, 3.8) is 0 Å². The molecule has 0 heterocycles. The van der Waals surface area contributed by atoms with Gasteiger partial charge in [0.2, 0.25) is 0 Å². The van der Waals surface area contributed by atoms with E-state index in [0.29, 0.717) is 16.1 Å². The topological polar surface area (TPSA) is 63.4 Å². The maximum absolute atomic E-state index is 12.1. The Balaban J connectivity index is 2.20. The van der Waals surface area contributed by atoms with Gasteiger partial charge in [0.05, 0.1) is 0 Å². The first kappa shape index (κ1) is 14.0. The lowest BCUT2D eigenvalue weighted by Crippen LogP contribution is -2.42. The third-order valence-corrected chi connectivity index (χ3v) is 3.03. The van der Waals surface area contributed by atoms with Crippen molar-refractivity contribution in [2.75, 3.05) is 0 Å². The van der Waals surface area contributed by atoms with Crippen LogP contribution in [0.3, 0.4) is 0 Å². The van der Waals surface area contributed by atoms with E-state index in [1.54, 1.807) is 48.5 Å². The number of hydrogen-bond donors (Lipinski definition) is 1. The number of carbonyl (C=O) groups is 2. The molecule has 0 saturated carbocycles. The number of hydrazine groups is 1. The van der Waals surface area contributed by atoms with E-state index >= 15 is 0 Å². The number of carbonyl (C=O) groups excluding carboxylic acids is 2. The second kappa shape index (κ2) is 5.67. The second-order valence-electron chi connectivity index (χ2n) is 4.71. The third kappa shape index (κ3) is 2.92. The molecule has 2 aromatic carbocycles. The summed E-state index contributed by atoms with van der Waals surface area (Å²) < 4.78 is 0. The lowest BCUT2D eigenvalue weighted by Gasteiger charge is -2.15. The van der Waals surface area contributed by atoms with Crippen molar-refractivity contribution in [2.45, 2.75) is 13.8 Å². The van der Waals surface area contributed by atoms with Gasteiger partial charge in [0.15, 0.2) is 0 Å². The minimum absolute atomic E-state index is 0.388. The minimum atomic E-state index is -0.518. The molecule has 0 saturated heterocycles. The summed E-state index contributed by atoms with van der Waals surface area (Å²) in [7, 11) is 0. The van der Waals surface area contributed by atoms with Gasteiger partial charge in [-0.1, -0.05) is 35.4 Å². The van der Waals surface area contributed by atoms with Gasteiger partial charge in [0.25, 0.3) is 11.8 Å². The van der Waals surface area contributed by atoms with Crippen molar-refractivity contribution in [2.24, 2.45) is 5.84 Å². The van der Waals surface area contributed by atoms with Gasteiger partial charge in [0, 0.05) is 11.1 Å². The van der Waals surface area contributed by atoms with E-state index in [2.05, 4.69) is 0 Å². The van der Waals surface area contributed by atoms with Crippen LogP contribution in [0, 0.1) is 13.8 Å². The van der Waals surface area contributed by atoms with Crippen molar-refractivity contribution in [1.82, 2.24) is 5.01 Å². The number of amides is 2. The lowest BCUT2D eigenvalue weighted by molar-refractivity contribution is 0.0615. The van der Waals surface area contributed by atoms with Crippen LogP contribution in [-0.4, -0.2) is 16.8 Å². The monoisotopic (exact) mass is 268 g/mol. The maximum atomic E-state index is 12.1. The highest BCUT2D eigenvalue weighted by Gasteiger charge is 2.20. The van der Waals surface area contributed by atoms with Crippen LogP contribution < -0.4 is 5.84 Å². The summed E-state index contributed by atoms with van der Waals surface area (Å²) in [5, 5.41) is 0.648. The first-order valence-corrected chi connectivity index (χ1v) is 6.26. The van der Waals surface area contributed by atoms with Crippen LogP contribution in [0.1, 0.15) is 31.8 Å². The molecular weight excluding hydrogens is 252 g/mol. The largest absolute Gasteiger partial charge is 0.275 e. The van der Waals surface area contributed by atoms with Crippen LogP contribution in [0.25, 0.3) is 0 Å². The Kier molecular flexibility index (Phi) is 3.96. The van der Waals surface area contributed by atoms with Crippen molar-refractivity contribution < 1.29 is 9.59 Å². The van der Waals surface area contributed by atoms with Gasteiger partial charge in [-0.25, -0.2) is 10.9 Å². The number of imide groups is 1. The highest BCUT2D eigenvalue weighted by atomic mass is 16.2. The second-order valence-corrected chi connectivity index (χ2v) is 4.71. The van der Waals surface area contributed by atoms with Crippen LogP contribution in [0.15, 0.2) is 48.5 Å². The van der Waals surface area contributed by atoms with Gasteiger partial charge in [-0.05, 0) is 38.1 Å². The Morgan fingerprint density at radius 1 is 0.750 bits per heavy atom. The molecule has 0 radical (unpaired) electrons. The molecule has 0 aliphatic carbocycles. The van der Waals surface area contributed by atoms with E-state index in [0.717, 1.165) is 11.1 Å². The van der Waals surface area contributed by atoms with Gasteiger partial charge in [-0.2, -0.15) is 0 Å². The Bertz CT molecular complexity index is 573. The number of nitrogens with zero attached hydrogens (tertiary/aromatic N) is 1. The van der Waals surface area contributed by atoms with Crippen LogP contribution >= 0.6 is 0 Å². The van der Waals surface area contributed by atoms with E-state index in [9.17, 15) is 9.59 Å². The molecule has 2 rings (SSSR count). The molecule has 2 amide bonds. The predicted molar refractivity (Wildman–Crippen MR) is 77.0 cm³/mol. The van der Waals surface area contributed by atoms with Crippen LogP contribution in [0.4, 0.5) is 0 Å². The molecule has 0 aliphatic heterocycles. The molecule has 4 nitrogen and oxygen atoms in total. The van der Waals surface area contributed by atoms with E-state index in [4.69, 9.17) is 5.84 Å². The molecule has 0 bridgehead atoms. The maximum Gasteiger partial charge on any atom is 0.275 e. The summed E-state index contributed by atoms with van der Waals surface area (Å²) >= 11 is 0. The predicted octanol–water partition coefficient (Wildman–Crippen LogP) is 2.46. The molecule has 0 unspecified atom stereocenters. The Hall–Kier alpha value is -2.46. The highest BCUT2D eigenvalue weighted by Crippen LogP contribution is 2.09. The van der Waals surface area contributed by atoms with Gasteiger partial charge in [-0.3, -0.25) is 9.59 Å². The van der Waals surface area contributed by atoms with Gasteiger partial charge >= 0.3 is 0 Å². The van der Waals surface area contributed by atoms with Gasteiger partial charge in [-0.15, -0.1) is 0 Å². The molecular formula is C16H16N2O2. The van der Waals surface area contributed by atoms with Crippen LogP contribution in [0.2, 0.25) is 0 Å². The quantitative estimate of drug-likeness (QED) is 0.394. The SMILES string of the molecule is Cc1ccc(C(=O)N(N)C(=O)c2ccc(C)cc2)cc1. The van der Waals surface area contributed by atoms with Crippen LogP contribution in [-0.2, 0) is 0 Å². The lowest BCUT2D eigenvalue weighted by atomic mass is 10.1. The van der Waals surface area contributed by atoms with E-state index in [1.165, 1.54) is 0 Å². The first-order chi connectivity index (χ1) is 9.49. The summed E-state index contributed by atoms with van der Waals surface area (Å²) in [6, 6.07) is 13.8. The normalized spacial score (nSPS) is 10.2. The molecule has 2 N–H and O–H groups in total. The molecule has 102 valence electrons. The molecule has 4 heteroatoms. The fourth-order valence-corrected chi connectivity index (χ4v) is 1.76. The molecule has 0 aliphatic rings. The van der Waals surface area contributed by atoms with Gasteiger partial charge in [0.1, 0.15) is 0 Å². The molecule has 0 spiro atoms. The third-order valence-electron chi connectivity index (χ3n) is 3.03. The standard InChI is InChI=1S/C16H16N2O2/c1-11-3-7-13(8-4-11)15(19)18(17)16(20)14-9-5-12(2)6-10-14/h3-10H,17H2,1-2H3. The van der Waals surface area contributed by atoms with Gasteiger partial charge < -0.3 is 0 Å². The number of hydrogen-bond acceptors (Lipinski definition) is 3. The zero-order valence-electron chi connectivity index (χ0n) is 11.5. The van der Waals surface area contributed by atoms with Crippen LogP contribution in [0.5, 0.6) is 0 Å². The summed E-state index contributed by atoms with van der Waals surface area (Å²) in [5.41, 5.74) is 2.85. The van der Waals surface area contributed by atoms with E-state index < -0.39 is 11.8 Å². The van der Waals surface area contributed by atoms with Crippen molar-refractivity contribution in [3.8, 4) is 0 Å². The number of benzene rings is 2. The highest BCUT2D eigenvalue weighted by molar-refractivity contribution is 6.09. The fraction of sp³-hybridized carbons (Fsp3) is 0.125. The molecule has 0 aromatic heterocycles. The summed E-state index contributed by atoms with van der Waals surface area (Å²) in [5.74, 6) is 4.60. The average Bonchev–Trinajstić information content (AvgIpc) is 2.46. The zero-order chi connectivity index (χ0) is 14.7. The summed E-state index contributed by atoms with van der Waals surface area (Å²) in [4.78, 5) is 24.2. The molecule has 0 fully saturated rings. The van der Waals surface area contributed by atoms with Crippen molar-refractivity contribution in [3.05, 3.63) is 70.8 Å².